The minimum atomic E-state index is -3.72. The van der Waals surface area contributed by atoms with Crippen molar-refractivity contribution in [1.82, 2.24) is 10.0 Å². The molecular formula is C13H20ClFN2O2S2. The first-order valence-corrected chi connectivity index (χ1v) is 9.73. The average molecular weight is 355 g/mol. The summed E-state index contributed by atoms with van der Waals surface area (Å²) in [6.07, 6.45) is 1.88. The van der Waals surface area contributed by atoms with Gasteiger partial charge in [0.1, 0.15) is 5.82 Å². The molecule has 4 nitrogen and oxygen atoms in total. The minimum absolute atomic E-state index is 0.0498. The van der Waals surface area contributed by atoms with Crippen molar-refractivity contribution in [2.45, 2.75) is 31.3 Å². The molecule has 0 radical (unpaired) electrons. The number of hydrogen-bond donors (Lipinski definition) is 2. The van der Waals surface area contributed by atoms with Crippen LogP contribution in [-0.4, -0.2) is 33.0 Å². The van der Waals surface area contributed by atoms with Crippen molar-refractivity contribution in [2.75, 3.05) is 18.6 Å². The molecule has 1 aromatic rings. The van der Waals surface area contributed by atoms with Crippen LogP contribution in [0.3, 0.4) is 0 Å². The molecule has 0 atom stereocenters. The molecule has 0 amide bonds. The Bertz CT molecular complexity index is 580. The highest BCUT2D eigenvalue weighted by Gasteiger charge is 2.18. The molecule has 0 aliphatic heterocycles. The molecule has 1 aromatic carbocycles. The van der Waals surface area contributed by atoms with E-state index in [9.17, 15) is 12.8 Å². The topological polar surface area (TPSA) is 58.2 Å². The Hall–Kier alpha value is -0.340. The fraction of sp³-hybridized carbons (Fsp3) is 0.538. The Balaban J connectivity index is 3.02. The van der Waals surface area contributed by atoms with Gasteiger partial charge in [0.05, 0.1) is 9.92 Å². The third-order valence-electron chi connectivity index (χ3n) is 2.69. The van der Waals surface area contributed by atoms with Gasteiger partial charge in [0.25, 0.3) is 0 Å². The first-order valence-electron chi connectivity index (χ1n) is 6.48. The fourth-order valence-corrected chi connectivity index (χ4v) is 3.28. The molecule has 0 unspecified atom stereocenters. The van der Waals surface area contributed by atoms with Crippen molar-refractivity contribution < 1.29 is 12.8 Å². The summed E-state index contributed by atoms with van der Waals surface area (Å²) in [7, 11) is -3.72. The predicted octanol–water partition coefficient (Wildman–Crippen LogP) is 2.62. The van der Waals surface area contributed by atoms with Gasteiger partial charge in [-0.3, -0.25) is 0 Å². The highest BCUT2D eigenvalue weighted by molar-refractivity contribution is 7.98. The first kappa shape index (κ1) is 18.7. The molecule has 0 saturated heterocycles. The molecule has 120 valence electrons. The van der Waals surface area contributed by atoms with Gasteiger partial charge in [0.15, 0.2) is 0 Å². The van der Waals surface area contributed by atoms with E-state index >= 15 is 0 Å². The molecule has 0 aliphatic carbocycles. The number of benzene rings is 1. The summed E-state index contributed by atoms with van der Waals surface area (Å²) in [4.78, 5) is -0.106. The SMILES string of the molecule is CSCCNS(=O)(=O)c1cc(F)c(Cl)c(CNC(C)C)c1. The van der Waals surface area contributed by atoms with Gasteiger partial charge in [-0.1, -0.05) is 25.4 Å². The van der Waals surface area contributed by atoms with Gasteiger partial charge in [0, 0.05) is 24.9 Å². The van der Waals surface area contributed by atoms with Crippen molar-refractivity contribution in [3.05, 3.63) is 28.5 Å². The zero-order chi connectivity index (χ0) is 16.0. The minimum Gasteiger partial charge on any atom is -0.310 e. The lowest BCUT2D eigenvalue weighted by molar-refractivity contribution is 0.571. The second-order valence-electron chi connectivity index (χ2n) is 4.80. The maximum atomic E-state index is 13.8. The van der Waals surface area contributed by atoms with Crippen LogP contribution in [0.25, 0.3) is 0 Å². The number of halogens is 2. The molecule has 0 aliphatic rings. The smallest absolute Gasteiger partial charge is 0.240 e. The van der Waals surface area contributed by atoms with E-state index in [1.807, 2.05) is 20.1 Å². The van der Waals surface area contributed by atoms with Gasteiger partial charge >= 0.3 is 0 Å². The van der Waals surface area contributed by atoms with E-state index in [0.717, 1.165) is 6.07 Å². The number of thioether (sulfide) groups is 1. The van der Waals surface area contributed by atoms with Gasteiger partial charge in [-0.15, -0.1) is 0 Å². The van der Waals surface area contributed by atoms with Crippen LogP contribution < -0.4 is 10.0 Å². The van der Waals surface area contributed by atoms with Gasteiger partial charge in [-0.2, -0.15) is 11.8 Å². The zero-order valence-corrected chi connectivity index (χ0v) is 14.6. The number of rotatable bonds is 8. The van der Waals surface area contributed by atoms with Gasteiger partial charge < -0.3 is 5.32 Å². The summed E-state index contributed by atoms with van der Waals surface area (Å²) in [5, 5.41) is 3.04. The summed E-state index contributed by atoms with van der Waals surface area (Å²) >= 11 is 7.42. The second kappa shape index (κ2) is 8.33. The van der Waals surface area contributed by atoms with Crippen LogP contribution in [0.2, 0.25) is 5.02 Å². The Morgan fingerprint density at radius 3 is 2.62 bits per heavy atom. The summed E-state index contributed by atoms with van der Waals surface area (Å²) in [6, 6.07) is 2.54. The van der Waals surface area contributed by atoms with Crippen molar-refractivity contribution in [1.29, 1.82) is 0 Å². The number of nitrogens with one attached hydrogen (secondary N) is 2. The Morgan fingerprint density at radius 1 is 1.38 bits per heavy atom. The van der Waals surface area contributed by atoms with E-state index in [2.05, 4.69) is 10.0 Å². The molecule has 8 heteroatoms. The van der Waals surface area contributed by atoms with E-state index in [4.69, 9.17) is 11.6 Å². The van der Waals surface area contributed by atoms with E-state index in [1.165, 1.54) is 17.8 Å². The molecular weight excluding hydrogens is 335 g/mol. The summed E-state index contributed by atoms with van der Waals surface area (Å²) in [6.45, 7) is 4.48. The van der Waals surface area contributed by atoms with Crippen molar-refractivity contribution >= 4 is 33.4 Å². The van der Waals surface area contributed by atoms with Crippen molar-refractivity contribution in [2.24, 2.45) is 0 Å². The maximum Gasteiger partial charge on any atom is 0.240 e. The van der Waals surface area contributed by atoms with E-state index in [0.29, 0.717) is 24.4 Å². The monoisotopic (exact) mass is 354 g/mol. The lowest BCUT2D eigenvalue weighted by atomic mass is 10.2. The quantitative estimate of drug-likeness (QED) is 0.704. The molecule has 0 fully saturated rings. The second-order valence-corrected chi connectivity index (χ2v) is 7.93. The molecule has 1 rings (SSSR count). The van der Waals surface area contributed by atoms with E-state index in [-0.39, 0.29) is 16.0 Å². The number of sulfonamides is 1. The molecule has 0 bridgehead atoms. The van der Waals surface area contributed by atoms with Gasteiger partial charge in [0.2, 0.25) is 10.0 Å². The summed E-state index contributed by atoms with van der Waals surface area (Å²) < 4.78 is 40.5. The van der Waals surface area contributed by atoms with E-state index in [1.54, 1.807) is 0 Å². The lowest BCUT2D eigenvalue weighted by Crippen LogP contribution is -2.27. The fourth-order valence-electron chi connectivity index (χ4n) is 1.58. The van der Waals surface area contributed by atoms with Crippen LogP contribution in [0.15, 0.2) is 17.0 Å². The Morgan fingerprint density at radius 2 is 2.05 bits per heavy atom. The third-order valence-corrected chi connectivity index (χ3v) is 5.16. The largest absolute Gasteiger partial charge is 0.310 e. The highest BCUT2D eigenvalue weighted by Crippen LogP contribution is 2.24. The van der Waals surface area contributed by atoms with Gasteiger partial charge in [-0.25, -0.2) is 17.5 Å². The molecule has 0 spiro atoms. The molecule has 2 N–H and O–H groups in total. The van der Waals surface area contributed by atoms with Crippen LogP contribution in [0.1, 0.15) is 19.4 Å². The lowest BCUT2D eigenvalue weighted by Gasteiger charge is -2.13. The summed E-state index contributed by atoms with van der Waals surface area (Å²) in [5.41, 5.74) is 0.426. The predicted molar refractivity (Wildman–Crippen MR) is 87.0 cm³/mol. The summed E-state index contributed by atoms with van der Waals surface area (Å²) in [5.74, 6) is -0.0816. The third kappa shape index (κ3) is 5.75. The van der Waals surface area contributed by atoms with Gasteiger partial charge in [-0.05, 0) is 24.0 Å². The number of hydrogen-bond acceptors (Lipinski definition) is 4. The molecule has 0 saturated carbocycles. The maximum absolute atomic E-state index is 13.8. The van der Waals surface area contributed by atoms with Crippen molar-refractivity contribution in [3.63, 3.8) is 0 Å². The first-order chi connectivity index (χ1) is 9.77. The molecule has 21 heavy (non-hydrogen) atoms. The average Bonchev–Trinajstić information content (AvgIpc) is 2.40. The van der Waals surface area contributed by atoms with Crippen LogP contribution in [0.4, 0.5) is 4.39 Å². The van der Waals surface area contributed by atoms with Crippen LogP contribution >= 0.6 is 23.4 Å². The van der Waals surface area contributed by atoms with Crippen LogP contribution in [0, 0.1) is 5.82 Å². The highest BCUT2D eigenvalue weighted by atomic mass is 35.5. The van der Waals surface area contributed by atoms with Crippen LogP contribution in [-0.2, 0) is 16.6 Å². The molecule has 0 heterocycles. The zero-order valence-electron chi connectivity index (χ0n) is 12.2. The molecule has 0 aromatic heterocycles. The normalized spacial score (nSPS) is 12.1. The standard InChI is InChI=1S/C13H20ClFN2O2S2/c1-9(2)16-8-10-6-11(7-12(15)13(10)14)21(18,19)17-4-5-20-3/h6-7,9,16-17H,4-5,8H2,1-3H3. The Labute approximate surface area is 134 Å². The van der Waals surface area contributed by atoms with Crippen molar-refractivity contribution in [3.8, 4) is 0 Å². The Kier molecular flexibility index (Phi) is 7.42. The van der Waals surface area contributed by atoms with Crippen LogP contribution in [0.5, 0.6) is 0 Å². The van der Waals surface area contributed by atoms with E-state index < -0.39 is 15.8 Å².